The number of carbonyl (C=O) groups is 1. The smallest absolute Gasteiger partial charge is 0.219 e. The van der Waals surface area contributed by atoms with Crippen LogP contribution in [0.2, 0.25) is 0 Å². The molecule has 0 saturated carbocycles. The van der Waals surface area contributed by atoms with E-state index in [1.54, 1.807) is 6.92 Å². The molecule has 1 amide bonds. The molecule has 20 heavy (non-hydrogen) atoms. The lowest BCUT2D eigenvalue weighted by Gasteiger charge is -2.42. The summed E-state index contributed by atoms with van der Waals surface area (Å²) < 4.78 is 8.77. The lowest BCUT2D eigenvalue weighted by molar-refractivity contribution is -0.137. The molecule has 0 N–H and O–H groups in total. The minimum atomic E-state index is 0.137. The van der Waals surface area contributed by atoms with Crippen LogP contribution in [0.5, 0.6) is 0 Å². The maximum atomic E-state index is 11.4. The molecule has 1 unspecified atom stereocenters. The number of halogens is 1. The van der Waals surface area contributed by atoms with E-state index in [2.05, 4.69) is 25.9 Å². The molecule has 2 saturated heterocycles. The normalized spacial score (nSPS) is 24.7. The van der Waals surface area contributed by atoms with Crippen molar-refractivity contribution in [2.24, 2.45) is 0 Å². The average Bonchev–Trinajstić information content (AvgIpc) is 2.80. The molecule has 7 heteroatoms. The van der Waals surface area contributed by atoms with Gasteiger partial charge in [0.2, 0.25) is 5.91 Å². The number of hydrogen-bond acceptors (Lipinski definition) is 4. The van der Waals surface area contributed by atoms with Crippen LogP contribution in [0.1, 0.15) is 13.0 Å². The van der Waals surface area contributed by atoms with Gasteiger partial charge in [-0.15, -0.1) is 0 Å². The van der Waals surface area contributed by atoms with Gasteiger partial charge in [0.1, 0.15) is 0 Å². The molecule has 3 heterocycles. The van der Waals surface area contributed by atoms with Gasteiger partial charge in [-0.1, -0.05) is 0 Å². The van der Waals surface area contributed by atoms with Crippen LogP contribution in [0, 0.1) is 0 Å². The molecule has 3 rings (SSSR count). The number of morpholine rings is 1. The van der Waals surface area contributed by atoms with Crippen LogP contribution in [0.15, 0.2) is 16.9 Å². The SMILES string of the molecule is CC(=O)N1CCOC(CN2CC(n3cc(Br)cn3)C2)C1. The first-order chi connectivity index (χ1) is 9.61. The zero-order chi connectivity index (χ0) is 14.1. The highest BCUT2D eigenvalue weighted by Crippen LogP contribution is 2.23. The van der Waals surface area contributed by atoms with Crippen LogP contribution in [-0.4, -0.2) is 70.9 Å². The third-order valence-electron chi connectivity index (χ3n) is 3.93. The van der Waals surface area contributed by atoms with Crippen LogP contribution in [0.25, 0.3) is 0 Å². The minimum Gasteiger partial charge on any atom is -0.373 e. The van der Waals surface area contributed by atoms with E-state index in [1.807, 2.05) is 22.0 Å². The Morgan fingerprint density at radius 1 is 1.50 bits per heavy atom. The van der Waals surface area contributed by atoms with Gasteiger partial charge in [0, 0.05) is 45.8 Å². The lowest BCUT2D eigenvalue weighted by Crippen LogP contribution is -2.55. The monoisotopic (exact) mass is 342 g/mol. The van der Waals surface area contributed by atoms with Gasteiger partial charge in [0.05, 0.1) is 29.4 Å². The average molecular weight is 343 g/mol. The van der Waals surface area contributed by atoms with E-state index in [1.165, 1.54) is 0 Å². The topological polar surface area (TPSA) is 50.6 Å². The van der Waals surface area contributed by atoms with Gasteiger partial charge in [-0.05, 0) is 15.9 Å². The van der Waals surface area contributed by atoms with E-state index >= 15 is 0 Å². The third kappa shape index (κ3) is 3.05. The third-order valence-corrected chi connectivity index (χ3v) is 4.34. The Bertz CT molecular complexity index is 486. The molecule has 1 aromatic rings. The zero-order valence-electron chi connectivity index (χ0n) is 11.5. The standard InChI is InChI=1S/C13H19BrN4O2/c1-10(19)17-2-3-20-13(9-17)8-16-6-12(7-16)18-5-11(14)4-15-18/h4-5,12-13H,2-3,6-9H2,1H3. The number of aromatic nitrogens is 2. The summed E-state index contributed by atoms with van der Waals surface area (Å²) in [5.74, 6) is 0.140. The van der Waals surface area contributed by atoms with Crippen LogP contribution in [-0.2, 0) is 9.53 Å². The summed E-state index contributed by atoms with van der Waals surface area (Å²) in [7, 11) is 0. The fourth-order valence-corrected chi connectivity index (χ4v) is 3.08. The van der Waals surface area contributed by atoms with Gasteiger partial charge >= 0.3 is 0 Å². The molecule has 2 aliphatic heterocycles. The maximum absolute atomic E-state index is 11.4. The van der Waals surface area contributed by atoms with Crippen molar-refractivity contribution in [1.29, 1.82) is 0 Å². The number of amides is 1. The minimum absolute atomic E-state index is 0.137. The number of nitrogens with zero attached hydrogens (tertiary/aromatic N) is 4. The molecule has 0 aromatic carbocycles. The van der Waals surface area contributed by atoms with E-state index in [0.717, 1.165) is 30.7 Å². The van der Waals surface area contributed by atoms with Gasteiger partial charge in [0.15, 0.2) is 0 Å². The Hall–Kier alpha value is -0.920. The molecule has 1 atom stereocenters. The maximum Gasteiger partial charge on any atom is 0.219 e. The van der Waals surface area contributed by atoms with E-state index < -0.39 is 0 Å². The number of ether oxygens (including phenoxy) is 1. The van der Waals surface area contributed by atoms with Gasteiger partial charge in [-0.25, -0.2) is 0 Å². The summed E-state index contributed by atoms with van der Waals surface area (Å²) >= 11 is 3.41. The molecule has 2 aliphatic rings. The van der Waals surface area contributed by atoms with E-state index in [-0.39, 0.29) is 12.0 Å². The Labute approximate surface area is 126 Å². The lowest BCUT2D eigenvalue weighted by atomic mass is 10.1. The fraction of sp³-hybridized carbons (Fsp3) is 0.692. The first-order valence-electron chi connectivity index (χ1n) is 6.91. The molecule has 0 radical (unpaired) electrons. The van der Waals surface area contributed by atoms with Crippen molar-refractivity contribution in [3.05, 3.63) is 16.9 Å². The first-order valence-corrected chi connectivity index (χ1v) is 7.70. The highest BCUT2D eigenvalue weighted by Gasteiger charge is 2.32. The van der Waals surface area contributed by atoms with Gasteiger partial charge in [-0.3, -0.25) is 14.4 Å². The number of hydrogen-bond donors (Lipinski definition) is 0. The fourth-order valence-electron chi connectivity index (χ4n) is 2.78. The molecular weight excluding hydrogens is 324 g/mol. The van der Waals surface area contributed by atoms with Crippen molar-refractivity contribution in [2.45, 2.75) is 19.1 Å². The van der Waals surface area contributed by atoms with Crippen molar-refractivity contribution < 1.29 is 9.53 Å². The molecule has 2 fully saturated rings. The Morgan fingerprint density at radius 2 is 2.30 bits per heavy atom. The van der Waals surface area contributed by atoms with Crippen molar-refractivity contribution in [2.75, 3.05) is 39.3 Å². The van der Waals surface area contributed by atoms with E-state index in [0.29, 0.717) is 19.2 Å². The van der Waals surface area contributed by atoms with Crippen molar-refractivity contribution in [1.82, 2.24) is 19.6 Å². The molecule has 0 bridgehead atoms. The predicted octanol–water partition coefficient (Wildman–Crippen LogP) is 0.750. The van der Waals surface area contributed by atoms with Crippen LogP contribution in [0.4, 0.5) is 0 Å². The molecule has 110 valence electrons. The first kappa shape index (κ1) is 14.0. The van der Waals surface area contributed by atoms with Crippen molar-refractivity contribution >= 4 is 21.8 Å². The number of carbonyl (C=O) groups excluding carboxylic acids is 1. The van der Waals surface area contributed by atoms with Crippen LogP contribution >= 0.6 is 15.9 Å². The number of likely N-dealkylation sites (tertiary alicyclic amines) is 1. The summed E-state index contributed by atoms with van der Waals surface area (Å²) in [6.07, 6.45) is 3.96. The second-order valence-corrected chi connectivity index (χ2v) is 6.38. The van der Waals surface area contributed by atoms with Crippen molar-refractivity contribution in [3.8, 4) is 0 Å². The van der Waals surface area contributed by atoms with Gasteiger partial charge < -0.3 is 9.64 Å². The largest absolute Gasteiger partial charge is 0.373 e. The molecular formula is C13H19BrN4O2. The Morgan fingerprint density at radius 3 is 2.95 bits per heavy atom. The second kappa shape index (κ2) is 5.83. The highest BCUT2D eigenvalue weighted by molar-refractivity contribution is 9.10. The van der Waals surface area contributed by atoms with Gasteiger partial charge in [0.25, 0.3) is 0 Å². The molecule has 0 spiro atoms. The van der Waals surface area contributed by atoms with Crippen LogP contribution < -0.4 is 0 Å². The zero-order valence-corrected chi connectivity index (χ0v) is 13.1. The predicted molar refractivity (Wildman–Crippen MR) is 77.4 cm³/mol. The van der Waals surface area contributed by atoms with E-state index in [4.69, 9.17) is 4.74 Å². The molecule has 1 aromatic heterocycles. The highest BCUT2D eigenvalue weighted by atomic mass is 79.9. The Kier molecular flexibility index (Phi) is 4.09. The summed E-state index contributed by atoms with van der Waals surface area (Å²) in [5, 5.41) is 4.31. The van der Waals surface area contributed by atoms with Crippen LogP contribution in [0.3, 0.4) is 0 Å². The molecule has 0 aliphatic carbocycles. The molecule has 6 nitrogen and oxygen atoms in total. The number of rotatable bonds is 3. The quantitative estimate of drug-likeness (QED) is 0.813. The summed E-state index contributed by atoms with van der Waals surface area (Å²) in [6, 6.07) is 0.453. The van der Waals surface area contributed by atoms with Gasteiger partial charge in [-0.2, -0.15) is 5.10 Å². The summed E-state index contributed by atoms with van der Waals surface area (Å²) in [5.41, 5.74) is 0. The van der Waals surface area contributed by atoms with E-state index in [9.17, 15) is 4.79 Å². The van der Waals surface area contributed by atoms with Crippen molar-refractivity contribution in [3.63, 3.8) is 0 Å². The second-order valence-electron chi connectivity index (χ2n) is 5.47. The summed E-state index contributed by atoms with van der Waals surface area (Å²) in [4.78, 5) is 15.6. The Balaban J connectivity index is 1.45. The summed E-state index contributed by atoms with van der Waals surface area (Å²) in [6.45, 7) is 6.58.